The van der Waals surface area contributed by atoms with E-state index in [2.05, 4.69) is 20.5 Å². The minimum atomic E-state index is 0.639. The largest absolute Gasteiger partial charge is 0.308 e. The molecule has 0 aliphatic heterocycles. The molecule has 0 saturated carbocycles. The van der Waals surface area contributed by atoms with Gasteiger partial charge in [-0.3, -0.25) is 0 Å². The molecule has 2 aromatic rings. The lowest BCUT2D eigenvalue weighted by atomic mass is 10.3. The molecule has 0 radical (unpaired) electrons. The van der Waals surface area contributed by atoms with Crippen molar-refractivity contribution >= 4 is 5.82 Å². The highest BCUT2D eigenvalue weighted by Crippen LogP contribution is 2.18. The van der Waals surface area contributed by atoms with Gasteiger partial charge in [0.25, 0.3) is 0 Å². The molecule has 0 aliphatic carbocycles. The third-order valence-electron chi connectivity index (χ3n) is 2.55. The number of nitrogens with two attached hydrogens (primary N) is 1. The number of nitrogen functional groups attached to an aromatic ring is 1. The van der Waals surface area contributed by atoms with Crippen molar-refractivity contribution in [3.8, 4) is 5.82 Å². The van der Waals surface area contributed by atoms with E-state index in [1.165, 1.54) is 0 Å². The second-order valence-electron chi connectivity index (χ2n) is 3.90. The summed E-state index contributed by atoms with van der Waals surface area (Å²) in [5.74, 6) is 7.60. The fraction of sp³-hybridized carbons (Fsp3) is 0.364. The molecule has 6 nitrogen and oxygen atoms in total. The molecule has 2 rings (SSSR count). The molecule has 2 aromatic heterocycles. The monoisotopic (exact) mass is 232 g/mol. The number of rotatable bonds is 3. The van der Waals surface area contributed by atoms with Gasteiger partial charge in [0, 0.05) is 18.2 Å². The highest BCUT2D eigenvalue weighted by molar-refractivity contribution is 5.50. The Bertz CT molecular complexity index is 531. The summed E-state index contributed by atoms with van der Waals surface area (Å²) in [6, 6.07) is 0. The number of nitrogens with one attached hydrogen (secondary N) is 1. The van der Waals surface area contributed by atoms with Crippen molar-refractivity contribution in [3.63, 3.8) is 0 Å². The van der Waals surface area contributed by atoms with Crippen molar-refractivity contribution in [2.45, 2.75) is 27.2 Å². The van der Waals surface area contributed by atoms with E-state index in [1.807, 2.05) is 27.0 Å². The average molecular weight is 232 g/mol. The molecule has 0 bridgehead atoms. The fourth-order valence-corrected chi connectivity index (χ4v) is 1.60. The van der Waals surface area contributed by atoms with E-state index in [1.54, 1.807) is 10.9 Å². The van der Waals surface area contributed by atoms with Crippen molar-refractivity contribution in [2.24, 2.45) is 5.84 Å². The lowest BCUT2D eigenvalue weighted by Gasteiger charge is -2.11. The molecule has 17 heavy (non-hydrogen) atoms. The molecule has 3 N–H and O–H groups in total. The molecule has 2 heterocycles. The van der Waals surface area contributed by atoms with Crippen molar-refractivity contribution in [2.75, 3.05) is 5.43 Å². The van der Waals surface area contributed by atoms with Crippen molar-refractivity contribution in [1.82, 2.24) is 19.7 Å². The molecule has 0 saturated heterocycles. The van der Waals surface area contributed by atoms with E-state index in [0.29, 0.717) is 5.82 Å². The van der Waals surface area contributed by atoms with Crippen LogP contribution in [0.25, 0.3) is 5.82 Å². The topological polar surface area (TPSA) is 81.6 Å². The van der Waals surface area contributed by atoms with Gasteiger partial charge in [0.05, 0.1) is 6.20 Å². The molecule has 0 unspecified atom stereocenters. The van der Waals surface area contributed by atoms with Crippen molar-refractivity contribution < 1.29 is 0 Å². The molecule has 0 aromatic carbocycles. The molecule has 0 amide bonds. The van der Waals surface area contributed by atoms with Gasteiger partial charge < -0.3 is 5.43 Å². The van der Waals surface area contributed by atoms with Gasteiger partial charge in [-0.2, -0.15) is 5.10 Å². The molecule has 0 fully saturated rings. The Morgan fingerprint density at radius 1 is 1.35 bits per heavy atom. The van der Waals surface area contributed by atoms with Gasteiger partial charge in [-0.05, 0) is 19.4 Å². The van der Waals surface area contributed by atoms with Crippen LogP contribution in [-0.4, -0.2) is 19.7 Å². The van der Waals surface area contributed by atoms with Crippen molar-refractivity contribution in [1.29, 1.82) is 0 Å². The zero-order valence-electron chi connectivity index (χ0n) is 10.2. The molecule has 6 heteroatoms. The third-order valence-corrected chi connectivity index (χ3v) is 2.55. The lowest BCUT2D eigenvalue weighted by Crippen LogP contribution is -2.15. The number of hydrogen-bond donors (Lipinski definition) is 2. The number of aromatic nitrogens is 4. The first kappa shape index (κ1) is 11.5. The second kappa shape index (κ2) is 4.50. The molecular weight excluding hydrogens is 216 g/mol. The number of hydrazine groups is 1. The predicted octanol–water partition coefficient (Wildman–Crippen LogP) is 1.13. The van der Waals surface area contributed by atoms with Crippen LogP contribution in [0.5, 0.6) is 0 Å². The maximum atomic E-state index is 5.46. The quantitative estimate of drug-likeness (QED) is 0.612. The van der Waals surface area contributed by atoms with Crippen LogP contribution in [0.4, 0.5) is 5.82 Å². The summed E-state index contributed by atoms with van der Waals surface area (Å²) in [7, 11) is 0. The third kappa shape index (κ3) is 2.12. The summed E-state index contributed by atoms with van der Waals surface area (Å²) >= 11 is 0. The summed E-state index contributed by atoms with van der Waals surface area (Å²) in [4.78, 5) is 8.79. The van der Waals surface area contributed by atoms with Crippen LogP contribution in [0.1, 0.15) is 23.9 Å². The van der Waals surface area contributed by atoms with Gasteiger partial charge in [-0.1, -0.05) is 6.92 Å². The predicted molar refractivity (Wildman–Crippen MR) is 65.8 cm³/mol. The molecule has 90 valence electrons. The Labute approximate surface area is 99.9 Å². The van der Waals surface area contributed by atoms with Gasteiger partial charge in [0.1, 0.15) is 11.6 Å². The van der Waals surface area contributed by atoms with Gasteiger partial charge >= 0.3 is 0 Å². The Morgan fingerprint density at radius 2 is 2.12 bits per heavy atom. The first-order chi connectivity index (χ1) is 8.15. The van der Waals surface area contributed by atoms with Gasteiger partial charge in [0.2, 0.25) is 0 Å². The minimum Gasteiger partial charge on any atom is -0.308 e. The minimum absolute atomic E-state index is 0.639. The zero-order chi connectivity index (χ0) is 12.4. The Kier molecular flexibility index (Phi) is 3.06. The van der Waals surface area contributed by atoms with E-state index < -0.39 is 0 Å². The smallest absolute Gasteiger partial charge is 0.162 e. The molecule has 0 aliphatic rings. The SMILES string of the molecule is CCc1nc(NN)c(C)c(-n2cc(C)cn2)n1. The number of hydrogen-bond acceptors (Lipinski definition) is 5. The van der Waals surface area contributed by atoms with Crippen LogP contribution in [0.15, 0.2) is 12.4 Å². The van der Waals surface area contributed by atoms with Crippen LogP contribution >= 0.6 is 0 Å². The second-order valence-corrected chi connectivity index (χ2v) is 3.90. The molecule has 0 atom stereocenters. The summed E-state index contributed by atoms with van der Waals surface area (Å²) in [5, 5.41) is 4.26. The normalized spacial score (nSPS) is 10.6. The maximum absolute atomic E-state index is 5.46. The van der Waals surface area contributed by atoms with Crippen LogP contribution in [0, 0.1) is 13.8 Å². The summed E-state index contributed by atoms with van der Waals surface area (Å²) in [6.07, 6.45) is 4.47. The molecular formula is C11H16N6. The van der Waals surface area contributed by atoms with E-state index in [9.17, 15) is 0 Å². The standard InChI is InChI=1S/C11H16N6/c1-4-9-14-10(16-12)8(3)11(15-9)17-6-7(2)5-13-17/h5-6H,4,12H2,1-3H3,(H,14,15,16). The van der Waals surface area contributed by atoms with Crippen LogP contribution in [-0.2, 0) is 6.42 Å². The molecule has 0 spiro atoms. The van der Waals surface area contributed by atoms with Gasteiger partial charge in [-0.15, -0.1) is 0 Å². The van der Waals surface area contributed by atoms with E-state index >= 15 is 0 Å². The first-order valence-electron chi connectivity index (χ1n) is 5.51. The number of nitrogens with zero attached hydrogens (tertiary/aromatic N) is 4. The Balaban J connectivity index is 2.59. The van der Waals surface area contributed by atoms with E-state index in [4.69, 9.17) is 5.84 Å². The first-order valence-corrected chi connectivity index (χ1v) is 5.51. The van der Waals surface area contributed by atoms with Gasteiger partial charge in [-0.25, -0.2) is 20.5 Å². The van der Waals surface area contributed by atoms with Crippen LogP contribution in [0.2, 0.25) is 0 Å². The highest BCUT2D eigenvalue weighted by atomic mass is 15.3. The number of aryl methyl sites for hydroxylation is 2. The zero-order valence-corrected chi connectivity index (χ0v) is 10.2. The summed E-state index contributed by atoms with van der Waals surface area (Å²) in [6.45, 7) is 5.91. The number of anilines is 1. The highest BCUT2D eigenvalue weighted by Gasteiger charge is 2.11. The van der Waals surface area contributed by atoms with Gasteiger partial charge in [0.15, 0.2) is 5.82 Å². The van der Waals surface area contributed by atoms with E-state index in [-0.39, 0.29) is 0 Å². The van der Waals surface area contributed by atoms with Crippen LogP contribution in [0.3, 0.4) is 0 Å². The maximum Gasteiger partial charge on any atom is 0.162 e. The fourth-order valence-electron chi connectivity index (χ4n) is 1.60. The average Bonchev–Trinajstić information content (AvgIpc) is 2.76. The Morgan fingerprint density at radius 3 is 2.65 bits per heavy atom. The van der Waals surface area contributed by atoms with Crippen LogP contribution < -0.4 is 11.3 Å². The lowest BCUT2D eigenvalue weighted by molar-refractivity contribution is 0.803. The summed E-state index contributed by atoms with van der Waals surface area (Å²) < 4.78 is 1.74. The Hall–Kier alpha value is -1.95. The van der Waals surface area contributed by atoms with E-state index in [0.717, 1.165) is 29.2 Å². The summed E-state index contributed by atoms with van der Waals surface area (Å²) in [5.41, 5.74) is 4.56. The van der Waals surface area contributed by atoms with Crippen molar-refractivity contribution in [3.05, 3.63) is 29.3 Å².